The van der Waals surface area contributed by atoms with Crippen molar-refractivity contribution in [1.82, 2.24) is 19.6 Å². The first-order chi connectivity index (χ1) is 8.79. The highest BCUT2D eigenvalue weighted by molar-refractivity contribution is 5.88. The van der Waals surface area contributed by atoms with Crippen LogP contribution in [0.5, 0.6) is 0 Å². The second-order valence-corrected chi connectivity index (χ2v) is 3.86. The monoisotopic (exact) mass is 274 g/mol. The molecule has 6 nitrogen and oxygen atoms in total. The predicted molar refractivity (Wildman–Crippen MR) is 56.5 cm³/mol. The normalized spacial score (nSPS) is 11.8. The Balaban J connectivity index is 2.29. The predicted octanol–water partition coefficient (Wildman–Crippen LogP) is 1.38. The van der Waals surface area contributed by atoms with Crippen LogP contribution in [0.3, 0.4) is 0 Å². The lowest BCUT2D eigenvalue weighted by Gasteiger charge is -2.04. The first kappa shape index (κ1) is 13.1. The van der Waals surface area contributed by atoms with E-state index < -0.39 is 17.7 Å². The van der Waals surface area contributed by atoms with Gasteiger partial charge in [0.15, 0.2) is 0 Å². The quantitative estimate of drug-likeness (QED) is 0.917. The Bertz CT molecular complexity index is 615. The number of aromatic nitrogens is 4. The van der Waals surface area contributed by atoms with Gasteiger partial charge >= 0.3 is 12.1 Å². The lowest BCUT2D eigenvalue weighted by Crippen LogP contribution is -2.10. The Labute approximate surface area is 105 Å². The highest BCUT2D eigenvalue weighted by Crippen LogP contribution is 2.28. The van der Waals surface area contributed by atoms with Crippen molar-refractivity contribution in [2.75, 3.05) is 0 Å². The Morgan fingerprint density at radius 1 is 1.37 bits per heavy atom. The van der Waals surface area contributed by atoms with E-state index >= 15 is 0 Å². The Morgan fingerprint density at radius 2 is 2.05 bits per heavy atom. The molecular formula is C10H9F3N4O2. The summed E-state index contributed by atoms with van der Waals surface area (Å²) >= 11 is 0. The molecule has 0 amide bonds. The fourth-order valence-electron chi connectivity index (χ4n) is 1.58. The van der Waals surface area contributed by atoms with Crippen molar-refractivity contribution in [3.05, 3.63) is 35.4 Å². The fourth-order valence-corrected chi connectivity index (χ4v) is 1.58. The van der Waals surface area contributed by atoms with Gasteiger partial charge in [0.1, 0.15) is 5.56 Å². The van der Waals surface area contributed by atoms with E-state index in [4.69, 9.17) is 5.11 Å². The van der Waals surface area contributed by atoms with Crippen molar-refractivity contribution in [1.29, 1.82) is 0 Å². The van der Waals surface area contributed by atoms with Crippen molar-refractivity contribution in [2.24, 2.45) is 7.05 Å². The van der Waals surface area contributed by atoms with Crippen molar-refractivity contribution in [2.45, 2.75) is 12.7 Å². The van der Waals surface area contributed by atoms with Gasteiger partial charge in [0.05, 0.1) is 30.2 Å². The number of nitrogens with zero attached hydrogens (tertiary/aromatic N) is 4. The van der Waals surface area contributed by atoms with Gasteiger partial charge in [0.2, 0.25) is 0 Å². The SMILES string of the molecule is Cn1ncc(C(=O)O)c1Cn1cc(C(F)(F)F)cn1. The third kappa shape index (κ3) is 2.59. The van der Waals surface area contributed by atoms with Crippen LogP contribution in [0.1, 0.15) is 21.6 Å². The first-order valence-corrected chi connectivity index (χ1v) is 5.13. The van der Waals surface area contributed by atoms with Gasteiger partial charge in [-0.05, 0) is 0 Å². The highest BCUT2D eigenvalue weighted by atomic mass is 19.4. The molecule has 2 rings (SSSR count). The lowest BCUT2D eigenvalue weighted by atomic mass is 10.2. The van der Waals surface area contributed by atoms with Crippen molar-refractivity contribution in [3.63, 3.8) is 0 Å². The molecule has 0 spiro atoms. The molecule has 0 aliphatic heterocycles. The largest absolute Gasteiger partial charge is 0.478 e. The first-order valence-electron chi connectivity index (χ1n) is 5.13. The van der Waals surface area contributed by atoms with E-state index in [-0.39, 0.29) is 17.8 Å². The van der Waals surface area contributed by atoms with Gasteiger partial charge in [0, 0.05) is 13.2 Å². The molecule has 0 radical (unpaired) electrons. The second kappa shape index (κ2) is 4.41. The van der Waals surface area contributed by atoms with Gasteiger partial charge < -0.3 is 5.11 Å². The summed E-state index contributed by atoms with van der Waals surface area (Å²) in [6.45, 7) is -0.103. The number of aryl methyl sites for hydroxylation is 1. The fraction of sp³-hybridized carbons (Fsp3) is 0.300. The van der Waals surface area contributed by atoms with E-state index in [0.717, 1.165) is 17.1 Å². The van der Waals surface area contributed by atoms with Crippen LogP contribution in [0, 0.1) is 0 Å². The molecule has 0 aliphatic rings. The van der Waals surface area contributed by atoms with Crippen molar-refractivity contribution in [3.8, 4) is 0 Å². The number of aromatic carboxylic acids is 1. The molecule has 0 bridgehead atoms. The zero-order valence-corrected chi connectivity index (χ0v) is 9.72. The van der Waals surface area contributed by atoms with Gasteiger partial charge in [0.25, 0.3) is 0 Å². The van der Waals surface area contributed by atoms with Crippen LogP contribution in [-0.2, 0) is 19.8 Å². The molecule has 102 valence electrons. The zero-order valence-electron chi connectivity index (χ0n) is 9.72. The van der Waals surface area contributed by atoms with Gasteiger partial charge in [-0.25, -0.2) is 4.79 Å². The van der Waals surface area contributed by atoms with Crippen molar-refractivity contribution < 1.29 is 23.1 Å². The number of hydrogen-bond acceptors (Lipinski definition) is 3. The summed E-state index contributed by atoms with van der Waals surface area (Å²) in [5, 5.41) is 16.3. The van der Waals surface area contributed by atoms with E-state index in [1.807, 2.05) is 0 Å². The maximum absolute atomic E-state index is 12.4. The maximum Gasteiger partial charge on any atom is 0.419 e. The molecule has 2 aromatic heterocycles. The molecule has 19 heavy (non-hydrogen) atoms. The molecule has 0 aromatic carbocycles. The Morgan fingerprint density at radius 3 is 2.58 bits per heavy atom. The van der Waals surface area contributed by atoms with E-state index in [1.54, 1.807) is 0 Å². The van der Waals surface area contributed by atoms with E-state index in [2.05, 4.69) is 10.2 Å². The molecule has 1 N–H and O–H groups in total. The number of halogens is 3. The molecular weight excluding hydrogens is 265 g/mol. The van der Waals surface area contributed by atoms with Crippen LogP contribution in [0.25, 0.3) is 0 Å². The molecule has 0 atom stereocenters. The topological polar surface area (TPSA) is 72.9 Å². The average molecular weight is 274 g/mol. The molecule has 0 fully saturated rings. The minimum absolute atomic E-state index is 0.0634. The number of carbonyl (C=O) groups is 1. The molecule has 0 saturated heterocycles. The van der Waals surface area contributed by atoms with Crippen LogP contribution in [0.15, 0.2) is 18.6 Å². The summed E-state index contributed by atoms with van der Waals surface area (Å²) in [7, 11) is 1.51. The summed E-state index contributed by atoms with van der Waals surface area (Å²) in [6, 6.07) is 0. The number of alkyl halides is 3. The molecule has 2 aromatic rings. The Hall–Kier alpha value is -2.32. The standard InChI is InChI=1S/C10H9F3N4O2/c1-16-8(7(3-14-16)9(18)19)5-17-4-6(2-15-17)10(11,12)13/h2-4H,5H2,1H3,(H,18,19). The van der Waals surface area contributed by atoms with Crippen LogP contribution in [0.2, 0.25) is 0 Å². The van der Waals surface area contributed by atoms with E-state index in [0.29, 0.717) is 6.20 Å². The minimum Gasteiger partial charge on any atom is -0.478 e. The summed E-state index contributed by atoms with van der Waals surface area (Å²) < 4.78 is 39.5. The number of rotatable bonds is 3. The van der Waals surface area contributed by atoms with Crippen LogP contribution >= 0.6 is 0 Å². The molecule has 0 saturated carbocycles. The lowest BCUT2D eigenvalue weighted by molar-refractivity contribution is -0.137. The third-order valence-electron chi connectivity index (χ3n) is 2.56. The second-order valence-electron chi connectivity index (χ2n) is 3.86. The summed E-state index contributed by atoms with van der Waals surface area (Å²) in [6.07, 6.45) is -1.82. The summed E-state index contributed by atoms with van der Waals surface area (Å²) in [5.41, 5.74) is -0.678. The molecule has 0 aliphatic carbocycles. The highest BCUT2D eigenvalue weighted by Gasteiger charge is 2.32. The van der Waals surface area contributed by atoms with E-state index in [9.17, 15) is 18.0 Å². The maximum atomic E-state index is 12.4. The zero-order chi connectivity index (χ0) is 14.2. The van der Waals surface area contributed by atoms with Gasteiger partial charge in [-0.15, -0.1) is 0 Å². The summed E-state index contributed by atoms with van der Waals surface area (Å²) in [4.78, 5) is 10.9. The van der Waals surface area contributed by atoms with Gasteiger partial charge in [-0.3, -0.25) is 9.36 Å². The molecule has 0 unspecified atom stereocenters. The number of carboxylic acid groups (broad SMARTS) is 1. The smallest absolute Gasteiger partial charge is 0.419 e. The number of hydrogen-bond donors (Lipinski definition) is 1. The van der Waals surface area contributed by atoms with Crippen LogP contribution < -0.4 is 0 Å². The van der Waals surface area contributed by atoms with Gasteiger partial charge in [-0.2, -0.15) is 23.4 Å². The van der Waals surface area contributed by atoms with Crippen molar-refractivity contribution >= 4 is 5.97 Å². The summed E-state index contributed by atoms with van der Waals surface area (Å²) in [5.74, 6) is -1.19. The average Bonchev–Trinajstić information content (AvgIpc) is 2.87. The minimum atomic E-state index is -4.47. The van der Waals surface area contributed by atoms with Gasteiger partial charge in [-0.1, -0.05) is 0 Å². The third-order valence-corrected chi connectivity index (χ3v) is 2.56. The molecule has 2 heterocycles. The van der Waals surface area contributed by atoms with Crippen LogP contribution in [-0.4, -0.2) is 30.6 Å². The van der Waals surface area contributed by atoms with Crippen LogP contribution in [0.4, 0.5) is 13.2 Å². The Kier molecular flexibility index (Phi) is 3.05. The van der Waals surface area contributed by atoms with E-state index in [1.165, 1.54) is 11.7 Å². The number of carboxylic acids is 1. The molecule has 9 heteroatoms.